The second kappa shape index (κ2) is 8.29. The standard InChI is InChI=1S/C29H38O5/c1-18(30)34-17-26(32)29(33)24(19-7-5-4-6-8-19)16-25-22-10-9-20-15-21(31)11-13-27(20,2)23(22)12-14-28(25,29)3/h11-13,15,19,22,24-25,33H,4-10,14,16-17H2,1-3H3/t22?,24-,25?,27-,28-,29-/m0/s1. The van der Waals surface area contributed by atoms with Gasteiger partial charge < -0.3 is 9.84 Å². The first-order chi connectivity index (χ1) is 16.1. The van der Waals surface area contributed by atoms with Crippen molar-refractivity contribution >= 4 is 17.5 Å². The molecule has 0 radical (unpaired) electrons. The minimum absolute atomic E-state index is 0.0656. The predicted octanol–water partition coefficient (Wildman–Crippen LogP) is 4.88. The number of esters is 1. The summed E-state index contributed by atoms with van der Waals surface area (Å²) in [6, 6.07) is 0. The Morgan fingerprint density at radius 3 is 2.56 bits per heavy atom. The Morgan fingerprint density at radius 1 is 1.12 bits per heavy atom. The van der Waals surface area contributed by atoms with Crippen LogP contribution in [0, 0.1) is 34.5 Å². The minimum Gasteiger partial charge on any atom is -0.458 e. The van der Waals surface area contributed by atoms with Crippen LogP contribution in [0.2, 0.25) is 0 Å². The van der Waals surface area contributed by atoms with Crippen LogP contribution in [0.15, 0.2) is 35.5 Å². The van der Waals surface area contributed by atoms with E-state index in [9.17, 15) is 19.5 Å². The van der Waals surface area contributed by atoms with Gasteiger partial charge in [0.2, 0.25) is 5.78 Å². The number of Topliss-reactive ketones (excluding diaryl/α,β-unsaturated/α-hetero) is 1. The van der Waals surface area contributed by atoms with Crippen molar-refractivity contribution in [3.8, 4) is 0 Å². The number of hydrogen-bond donors (Lipinski definition) is 1. The SMILES string of the molecule is CC(=O)OCC(=O)[C@@]1(O)[C@H](C2CCCCC2)CC2C3CCC4=CC(=O)C=C[C@]4(C)C3=CC[C@@]21C. The molecule has 5 nitrogen and oxygen atoms in total. The Hall–Kier alpha value is -2.01. The maximum absolute atomic E-state index is 13.7. The van der Waals surface area contributed by atoms with E-state index < -0.39 is 17.0 Å². The van der Waals surface area contributed by atoms with Gasteiger partial charge in [0.25, 0.3) is 0 Å². The fourth-order valence-electron chi connectivity index (χ4n) is 8.49. The third kappa shape index (κ3) is 3.33. The Labute approximate surface area is 202 Å². The maximum atomic E-state index is 13.7. The molecular formula is C29H38O5. The quantitative estimate of drug-likeness (QED) is 0.472. The number of ketones is 2. The number of rotatable bonds is 4. The Balaban J connectivity index is 1.55. The van der Waals surface area contributed by atoms with Gasteiger partial charge in [-0.05, 0) is 68.4 Å². The van der Waals surface area contributed by atoms with Crippen LogP contribution < -0.4 is 0 Å². The molecule has 3 saturated carbocycles. The fourth-order valence-corrected chi connectivity index (χ4v) is 8.49. The third-order valence-electron chi connectivity index (χ3n) is 10.3. The van der Waals surface area contributed by atoms with Gasteiger partial charge in [-0.15, -0.1) is 0 Å². The van der Waals surface area contributed by atoms with E-state index in [0.29, 0.717) is 12.3 Å². The van der Waals surface area contributed by atoms with Crippen molar-refractivity contribution in [2.75, 3.05) is 6.61 Å². The predicted molar refractivity (Wildman–Crippen MR) is 129 cm³/mol. The Morgan fingerprint density at radius 2 is 1.85 bits per heavy atom. The summed E-state index contributed by atoms with van der Waals surface area (Å²) >= 11 is 0. The van der Waals surface area contributed by atoms with Gasteiger partial charge in [-0.1, -0.05) is 62.3 Å². The smallest absolute Gasteiger partial charge is 0.303 e. The molecule has 0 aromatic heterocycles. The lowest BCUT2D eigenvalue weighted by Crippen LogP contribution is -2.59. The summed E-state index contributed by atoms with van der Waals surface area (Å²) in [6.07, 6.45) is 16.7. The average molecular weight is 467 g/mol. The summed E-state index contributed by atoms with van der Waals surface area (Å²) in [7, 11) is 0. The van der Waals surface area contributed by atoms with E-state index >= 15 is 0 Å². The Kier molecular flexibility index (Phi) is 5.78. The number of ether oxygens (including phenoxy) is 1. The molecule has 184 valence electrons. The lowest BCUT2D eigenvalue weighted by atomic mass is 9.51. The van der Waals surface area contributed by atoms with E-state index in [4.69, 9.17) is 4.74 Å². The lowest BCUT2D eigenvalue weighted by Gasteiger charge is -2.54. The number of carbonyl (C=O) groups is 3. The van der Waals surface area contributed by atoms with Crippen molar-refractivity contribution in [1.29, 1.82) is 0 Å². The summed E-state index contributed by atoms with van der Waals surface area (Å²) in [5.41, 5.74) is 0.212. The van der Waals surface area contributed by atoms with E-state index in [0.717, 1.165) is 44.9 Å². The minimum atomic E-state index is -1.49. The molecule has 2 unspecified atom stereocenters. The third-order valence-corrected chi connectivity index (χ3v) is 10.3. The van der Waals surface area contributed by atoms with E-state index in [1.807, 2.05) is 6.08 Å². The van der Waals surface area contributed by atoms with Crippen molar-refractivity contribution in [1.82, 2.24) is 0 Å². The van der Waals surface area contributed by atoms with Gasteiger partial charge in [0.1, 0.15) is 5.60 Å². The molecule has 0 saturated heterocycles. The lowest BCUT2D eigenvalue weighted by molar-refractivity contribution is -0.171. The van der Waals surface area contributed by atoms with Crippen LogP contribution in [0.1, 0.15) is 78.6 Å². The van der Waals surface area contributed by atoms with Crippen molar-refractivity contribution in [2.45, 2.75) is 84.2 Å². The zero-order chi connectivity index (χ0) is 24.3. The van der Waals surface area contributed by atoms with Gasteiger partial charge >= 0.3 is 5.97 Å². The van der Waals surface area contributed by atoms with Gasteiger partial charge in [0.05, 0.1) is 0 Å². The van der Waals surface area contributed by atoms with Gasteiger partial charge in [-0.25, -0.2) is 0 Å². The molecule has 34 heavy (non-hydrogen) atoms. The first kappa shape index (κ1) is 23.7. The van der Waals surface area contributed by atoms with Crippen LogP contribution in [-0.4, -0.2) is 34.9 Å². The highest BCUT2D eigenvalue weighted by molar-refractivity contribution is 6.01. The summed E-state index contributed by atoms with van der Waals surface area (Å²) in [4.78, 5) is 37.2. The molecule has 6 atom stereocenters. The van der Waals surface area contributed by atoms with E-state index in [1.165, 1.54) is 24.5 Å². The van der Waals surface area contributed by atoms with E-state index in [2.05, 4.69) is 26.0 Å². The second-order valence-electron chi connectivity index (χ2n) is 11.9. The molecule has 0 spiro atoms. The summed E-state index contributed by atoms with van der Waals surface area (Å²) in [5.74, 6) is -0.0633. The van der Waals surface area contributed by atoms with Gasteiger partial charge in [-0.3, -0.25) is 14.4 Å². The number of carbonyl (C=O) groups excluding carboxylic acids is 3. The fraction of sp³-hybridized carbons (Fsp3) is 0.690. The number of allylic oxidation sites excluding steroid dienone is 6. The van der Waals surface area contributed by atoms with Crippen molar-refractivity contribution in [3.05, 3.63) is 35.5 Å². The van der Waals surface area contributed by atoms with Crippen LogP contribution in [0.5, 0.6) is 0 Å². The second-order valence-corrected chi connectivity index (χ2v) is 11.9. The molecular weight excluding hydrogens is 428 g/mol. The van der Waals surface area contributed by atoms with E-state index in [-0.39, 0.29) is 41.3 Å². The molecule has 1 N–H and O–H groups in total. The summed E-state index contributed by atoms with van der Waals surface area (Å²) < 4.78 is 5.13. The van der Waals surface area contributed by atoms with E-state index in [1.54, 1.807) is 6.08 Å². The van der Waals surface area contributed by atoms with Gasteiger partial charge in [0, 0.05) is 17.8 Å². The highest BCUT2D eigenvalue weighted by Gasteiger charge is 2.69. The van der Waals surface area contributed by atoms with Crippen LogP contribution >= 0.6 is 0 Å². The molecule has 3 fully saturated rings. The first-order valence-corrected chi connectivity index (χ1v) is 13.1. The first-order valence-electron chi connectivity index (χ1n) is 13.1. The van der Waals surface area contributed by atoms with Crippen LogP contribution in [0.4, 0.5) is 0 Å². The summed E-state index contributed by atoms with van der Waals surface area (Å²) in [5, 5.41) is 12.4. The molecule has 5 heteroatoms. The van der Waals surface area contributed by atoms with Crippen molar-refractivity contribution in [3.63, 3.8) is 0 Å². The van der Waals surface area contributed by atoms with Crippen LogP contribution in [-0.2, 0) is 19.1 Å². The number of aliphatic hydroxyl groups is 1. The van der Waals surface area contributed by atoms with Crippen molar-refractivity contribution in [2.24, 2.45) is 34.5 Å². The van der Waals surface area contributed by atoms with Crippen molar-refractivity contribution < 1.29 is 24.2 Å². The highest BCUT2D eigenvalue weighted by atomic mass is 16.5. The molecule has 0 bridgehead atoms. The molecule has 0 amide bonds. The molecule has 0 aliphatic heterocycles. The average Bonchev–Trinajstić information content (AvgIpc) is 3.07. The number of hydrogen-bond acceptors (Lipinski definition) is 5. The molecule has 0 aromatic carbocycles. The summed E-state index contributed by atoms with van der Waals surface area (Å²) in [6.45, 7) is 5.27. The topological polar surface area (TPSA) is 80.7 Å². The molecule has 5 aliphatic carbocycles. The van der Waals surface area contributed by atoms with Gasteiger partial charge in [-0.2, -0.15) is 0 Å². The molecule has 0 aromatic rings. The highest BCUT2D eigenvalue weighted by Crippen LogP contribution is 2.68. The normalized spacial score (nSPS) is 41.6. The largest absolute Gasteiger partial charge is 0.458 e. The molecule has 5 rings (SSSR count). The van der Waals surface area contributed by atoms with Crippen LogP contribution in [0.3, 0.4) is 0 Å². The maximum Gasteiger partial charge on any atom is 0.303 e. The van der Waals surface area contributed by atoms with Crippen LogP contribution in [0.25, 0.3) is 0 Å². The zero-order valence-corrected chi connectivity index (χ0v) is 20.8. The monoisotopic (exact) mass is 466 g/mol. The molecule has 0 heterocycles. The van der Waals surface area contributed by atoms with Gasteiger partial charge in [0.15, 0.2) is 12.4 Å². The Bertz CT molecular complexity index is 998. The number of fused-ring (bicyclic) bond motifs is 5. The molecule has 5 aliphatic rings. The zero-order valence-electron chi connectivity index (χ0n) is 20.8.